The van der Waals surface area contributed by atoms with Gasteiger partial charge in [-0.1, -0.05) is 13.8 Å². The average molecular weight is 394 g/mol. The van der Waals surface area contributed by atoms with Crippen LogP contribution in [0.15, 0.2) is 23.0 Å². The summed E-state index contributed by atoms with van der Waals surface area (Å²) in [6.07, 6.45) is 2.82. The molecule has 4 rings (SSSR count). The molecular weight excluding hydrogens is 368 g/mol. The van der Waals surface area contributed by atoms with Crippen molar-refractivity contribution < 1.29 is 9.53 Å². The maximum Gasteiger partial charge on any atom is 0.333 e. The monoisotopic (exact) mass is 394 g/mol. The topological polar surface area (TPSA) is 89.0 Å². The molecule has 1 aromatic heterocycles. The van der Waals surface area contributed by atoms with Gasteiger partial charge in [0.15, 0.2) is 5.78 Å². The minimum Gasteiger partial charge on any atom is -0.381 e. The molecule has 0 radical (unpaired) electrons. The number of carbonyl (C=O) groups excluding carboxylic acids is 1. The van der Waals surface area contributed by atoms with Gasteiger partial charge in [-0.25, -0.2) is 4.79 Å². The highest BCUT2D eigenvalue weighted by atomic mass is 16.5. The molecule has 0 bridgehead atoms. The number of fused-ring (bicyclic) bond motifs is 1. The van der Waals surface area contributed by atoms with Gasteiger partial charge in [-0.05, 0) is 42.9 Å². The van der Waals surface area contributed by atoms with Gasteiger partial charge in [-0.15, -0.1) is 0 Å². The van der Waals surface area contributed by atoms with E-state index in [1.165, 1.54) is 4.57 Å². The predicted molar refractivity (Wildman–Crippen MR) is 110 cm³/mol. The number of nitrogens with one attached hydrogen (secondary N) is 1. The summed E-state index contributed by atoms with van der Waals surface area (Å²) in [5.74, 6) is 0.00352. The highest BCUT2D eigenvalue weighted by Crippen LogP contribution is 2.35. The van der Waals surface area contributed by atoms with Crippen LogP contribution in [0.3, 0.4) is 0 Å². The molecule has 2 heterocycles. The standard InChI is InChI=1S/C22H26N4O3/c1-22(2)11-18-20(19(27)12-22)25(3)21(28)26(18)16-5-4-14(13-23)17(10-16)24-15-6-8-29-9-7-15/h4-5,10,15,24H,6-9,11-12H2,1-3H3. The zero-order valence-corrected chi connectivity index (χ0v) is 17.1. The van der Waals surface area contributed by atoms with Gasteiger partial charge in [0.05, 0.1) is 22.6 Å². The van der Waals surface area contributed by atoms with Crippen molar-refractivity contribution in [3.63, 3.8) is 0 Å². The smallest absolute Gasteiger partial charge is 0.333 e. The van der Waals surface area contributed by atoms with Gasteiger partial charge in [0.25, 0.3) is 0 Å². The number of aromatic nitrogens is 2. The molecule has 2 aromatic rings. The Balaban J connectivity index is 1.81. The van der Waals surface area contributed by atoms with Crippen molar-refractivity contribution in [2.45, 2.75) is 45.6 Å². The van der Waals surface area contributed by atoms with Gasteiger partial charge in [0, 0.05) is 32.7 Å². The maximum absolute atomic E-state index is 13.0. The summed E-state index contributed by atoms with van der Waals surface area (Å²) in [5.41, 5.74) is 2.74. The van der Waals surface area contributed by atoms with E-state index < -0.39 is 0 Å². The second-order valence-electron chi connectivity index (χ2n) is 8.79. The number of ether oxygens (including phenoxy) is 1. The summed E-state index contributed by atoms with van der Waals surface area (Å²) in [6, 6.07) is 7.82. The molecular formula is C22H26N4O3. The van der Waals surface area contributed by atoms with E-state index in [4.69, 9.17) is 4.74 Å². The summed E-state index contributed by atoms with van der Waals surface area (Å²) in [6.45, 7) is 5.49. The van der Waals surface area contributed by atoms with Crippen LogP contribution in [0.25, 0.3) is 5.69 Å². The summed E-state index contributed by atoms with van der Waals surface area (Å²) >= 11 is 0. The molecule has 29 heavy (non-hydrogen) atoms. The average Bonchev–Trinajstić information content (AvgIpc) is 2.92. The molecule has 1 saturated heterocycles. The van der Waals surface area contributed by atoms with Crippen molar-refractivity contribution in [2.75, 3.05) is 18.5 Å². The van der Waals surface area contributed by atoms with Gasteiger partial charge < -0.3 is 10.1 Å². The van der Waals surface area contributed by atoms with Crippen molar-refractivity contribution in [2.24, 2.45) is 12.5 Å². The van der Waals surface area contributed by atoms with E-state index in [-0.39, 0.29) is 22.9 Å². The number of carbonyl (C=O) groups is 1. The highest BCUT2D eigenvalue weighted by Gasteiger charge is 2.36. The van der Waals surface area contributed by atoms with Crippen LogP contribution in [0.5, 0.6) is 0 Å². The molecule has 7 nitrogen and oxygen atoms in total. The lowest BCUT2D eigenvalue weighted by atomic mass is 9.77. The number of benzene rings is 1. The molecule has 0 unspecified atom stereocenters. The summed E-state index contributed by atoms with van der Waals surface area (Å²) in [5, 5.41) is 13.0. The van der Waals surface area contributed by atoms with E-state index >= 15 is 0 Å². The Morgan fingerprint density at radius 1 is 1.21 bits per heavy atom. The van der Waals surface area contributed by atoms with Crippen molar-refractivity contribution in [3.8, 4) is 11.8 Å². The number of nitriles is 1. The molecule has 1 aromatic carbocycles. The van der Waals surface area contributed by atoms with E-state index in [2.05, 4.69) is 11.4 Å². The zero-order valence-electron chi connectivity index (χ0n) is 17.1. The molecule has 0 spiro atoms. The molecule has 7 heteroatoms. The van der Waals surface area contributed by atoms with Crippen LogP contribution in [0.1, 0.15) is 54.9 Å². The lowest BCUT2D eigenvalue weighted by molar-refractivity contribution is 0.0899. The third kappa shape index (κ3) is 3.49. The Kier molecular flexibility index (Phi) is 4.83. The number of anilines is 1. The predicted octanol–water partition coefficient (Wildman–Crippen LogP) is 2.79. The second-order valence-corrected chi connectivity index (χ2v) is 8.79. The highest BCUT2D eigenvalue weighted by molar-refractivity contribution is 5.97. The molecule has 1 fully saturated rings. The van der Waals surface area contributed by atoms with E-state index in [9.17, 15) is 14.9 Å². The first-order valence-electron chi connectivity index (χ1n) is 10.0. The van der Waals surface area contributed by atoms with Crippen molar-refractivity contribution >= 4 is 11.5 Å². The molecule has 1 N–H and O–H groups in total. The Morgan fingerprint density at radius 2 is 1.93 bits per heavy atom. The summed E-state index contributed by atoms with van der Waals surface area (Å²) in [7, 11) is 1.65. The maximum atomic E-state index is 13.0. The van der Waals surface area contributed by atoms with Gasteiger partial charge >= 0.3 is 5.69 Å². The molecule has 2 aliphatic rings. The fourth-order valence-corrected chi connectivity index (χ4v) is 4.42. The molecule has 1 aliphatic heterocycles. The number of rotatable bonds is 3. The first-order chi connectivity index (χ1) is 13.8. The third-order valence-electron chi connectivity index (χ3n) is 5.87. The van der Waals surface area contributed by atoms with Crippen LogP contribution >= 0.6 is 0 Å². The largest absolute Gasteiger partial charge is 0.381 e. The molecule has 152 valence electrons. The molecule has 0 saturated carbocycles. The number of Topliss-reactive ketones (excluding diaryl/α,β-unsaturated/α-hetero) is 1. The fourth-order valence-electron chi connectivity index (χ4n) is 4.42. The van der Waals surface area contributed by atoms with Crippen LogP contribution in [0.2, 0.25) is 0 Å². The Bertz CT molecular complexity index is 1060. The summed E-state index contributed by atoms with van der Waals surface area (Å²) < 4.78 is 8.50. The van der Waals surface area contributed by atoms with Crippen LogP contribution < -0.4 is 11.0 Å². The number of hydrogen-bond acceptors (Lipinski definition) is 5. The Hall–Kier alpha value is -2.85. The number of hydrogen-bond donors (Lipinski definition) is 1. The van der Waals surface area contributed by atoms with Crippen LogP contribution in [-0.2, 0) is 18.2 Å². The van der Waals surface area contributed by atoms with Crippen molar-refractivity contribution in [1.29, 1.82) is 5.26 Å². The molecule has 1 aliphatic carbocycles. The number of nitrogens with zero attached hydrogens (tertiary/aromatic N) is 3. The number of imidazole rings is 1. The Morgan fingerprint density at radius 3 is 2.62 bits per heavy atom. The van der Waals surface area contributed by atoms with E-state index in [0.29, 0.717) is 48.7 Å². The van der Waals surface area contributed by atoms with Crippen LogP contribution in [0, 0.1) is 16.7 Å². The van der Waals surface area contributed by atoms with Gasteiger partial charge in [-0.3, -0.25) is 13.9 Å². The van der Waals surface area contributed by atoms with Gasteiger partial charge in [-0.2, -0.15) is 5.26 Å². The molecule has 0 atom stereocenters. The quantitative estimate of drug-likeness (QED) is 0.865. The third-order valence-corrected chi connectivity index (χ3v) is 5.87. The minimum atomic E-state index is -0.234. The van der Waals surface area contributed by atoms with E-state index in [0.717, 1.165) is 18.5 Å². The lowest BCUT2D eigenvalue weighted by Crippen LogP contribution is -2.29. The van der Waals surface area contributed by atoms with Gasteiger partial charge in [0.2, 0.25) is 0 Å². The summed E-state index contributed by atoms with van der Waals surface area (Å²) in [4.78, 5) is 25.7. The van der Waals surface area contributed by atoms with Crippen molar-refractivity contribution in [1.82, 2.24) is 9.13 Å². The van der Waals surface area contributed by atoms with Gasteiger partial charge in [0.1, 0.15) is 11.8 Å². The van der Waals surface area contributed by atoms with E-state index in [1.54, 1.807) is 23.7 Å². The van der Waals surface area contributed by atoms with Crippen molar-refractivity contribution in [3.05, 3.63) is 45.6 Å². The minimum absolute atomic E-state index is 0.00352. The SMILES string of the molecule is Cn1c2c(n(-c3ccc(C#N)c(NC4CCOCC4)c3)c1=O)CC(C)(C)CC2=O. The fraction of sp³-hybridized carbons (Fsp3) is 0.500. The Labute approximate surface area is 169 Å². The second kappa shape index (κ2) is 7.20. The van der Waals surface area contributed by atoms with E-state index in [1.807, 2.05) is 19.9 Å². The zero-order chi connectivity index (χ0) is 20.8. The van der Waals surface area contributed by atoms with Crippen LogP contribution in [-0.4, -0.2) is 34.2 Å². The van der Waals surface area contributed by atoms with Crippen LogP contribution in [0.4, 0.5) is 5.69 Å². The molecule has 0 amide bonds. The number of ketones is 1. The normalized spacial score (nSPS) is 18.9. The first kappa shape index (κ1) is 19.5. The first-order valence-corrected chi connectivity index (χ1v) is 10.0. The lowest BCUT2D eigenvalue weighted by Gasteiger charge is -2.29.